The van der Waals surface area contributed by atoms with Crippen molar-refractivity contribution in [3.05, 3.63) is 66.0 Å². The largest absolute Gasteiger partial charge is 0.322 e. The van der Waals surface area contributed by atoms with E-state index in [-0.39, 0.29) is 5.91 Å². The van der Waals surface area contributed by atoms with Gasteiger partial charge in [0.15, 0.2) is 0 Å². The van der Waals surface area contributed by atoms with E-state index in [1.807, 2.05) is 43.3 Å². The second-order valence-electron chi connectivity index (χ2n) is 4.57. The zero-order valence-corrected chi connectivity index (χ0v) is 11.4. The van der Waals surface area contributed by atoms with Crippen LogP contribution in [0.25, 0.3) is 5.69 Å². The highest BCUT2D eigenvalue weighted by atomic mass is 16.1. The van der Waals surface area contributed by atoms with Gasteiger partial charge in [0, 0.05) is 11.3 Å². The number of rotatable bonds is 3. The lowest BCUT2D eigenvalue weighted by Crippen LogP contribution is -2.13. The monoisotopic (exact) mass is 279 g/mol. The smallest absolute Gasteiger partial charge is 0.255 e. The van der Waals surface area contributed by atoms with Crippen molar-refractivity contribution in [2.75, 3.05) is 5.32 Å². The van der Waals surface area contributed by atoms with Gasteiger partial charge in [-0.3, -0.25) is 4.79 Å². The Labute approximate surface area is 121 Å². The van der Waals surface area contributed by atoms with Crippen LogP contribution in [-0.2, 0) is 0 Å². The molecule has 0 unspecified atom stereocenters. The highest BCUT2D eigenvalue weighted by Gasteiger charge is 2.08. The van der Waals surface area contributed by atoms with Gasteiger partial charge in [-0.25, -0.2) is 4.68 Å². The van der Waals surface area contributed by atoms with E-state index >= 15 is 0 Å². The first kappa shape index (κ1) is 13.0. The third-order valence-electron chi connectivity index (χ3n) is 3.12. The lowest BCUT2D eigenvalue weighted by molar-refractivity contribution is 0.102. The quantitative estimate of drug-likeness (QED) is 0.798. The van der Waals surface area contributed by atoms with Crippen LogP contribution in [0.2, 0.25) is 0 Å². The molecule has 0 saturated heterocycles. The number of nitrogens with zero attached hydrogens (tertiary/aromatic N) is 4. The van der Waals surface area contributed by atoms with Gasteiger partial charge in [-0.1, -0.05) is 24.3 Å². The van der Waals surface area contributed by atoms with Gasteiger partial charge in [0.1, 0.15) is 6.33 Å². The van der Waals surface area contributed by atoms with Gasteiger partial charge >= 0.3 is 0 Å². The standard InChI is InChI=1S/C15H13N5O/c1-11-7-8-13(20-10-16-18-19-20)9-14(11)17-15(21)12-5-3-2-4-6-12/h2-10H,1H3,(H,17,21). The predicted molar refractivity (Wildman–Crippen MR) is 78.3 cm³/mol. The fraction of sp³-hybridized carbons (Fsp3) is 0.0667. The lowest BCUT2D eigenvalue weighted by atomic mass is 10.1. The molecule has 0 atom stereocenters. The van der Waals surface area contributed by atoms with Gasteiger partial charge in [0.05, 0.1) is 5.69 Å². The van der Waals surface area contributed by atoms with Gasteiger partial charge in [-0.2, -0.15) is 0 Å². The predicted octanol–water partition coefficient (Wildman–Crippen LogP) is 2.22. The molecule has 0 saturated carbocycles. The summed E-state index contributed by atoms with van der Waals surface area (Å²) in [6, 6.07) is 14.7. The van der Waals surface area contributed by atoms with E-state index in [1.54, 1.807) is 12.1 Å². The number of carbonyl (C=O) groups is 1. The summed E-state index contributed by atoms with van der Waals surface area (Å²) in [5, 5.41) is 14.0. The third kappa shape index (κ3) is 2.79. The minimum Gasteiger partial charge on any atom is -0.322 e. The van der Waals surface area contributed by atoms with Gasteiger partial charge in [-0.15, -0.1) is 5.10 Å². The Morgan fingerprint density at radius 3 is 2.67 bits per heavy atom. The molecule has 1 aromatic heterocycles. The maximum absolute atomic E-state index is 12.2. The van der Waals surface area contributed by atoms with Crippen molar-refractivity contribution in [3.63, 3.8) is 0 Å². The molecule has 1 N–H and O–H groups in total. The van der Waals surface area contributed by atoms with Gasteiger partial charge in [0.25, 0.3) is 5.91 Å². The SMILES string of the molecule is Cc1ccc(-n2cnnn2)cc1NC(=O)c1ccccc1. The van der Waals surface area contributed by atoms with Crippen molar-refractivity contribution in [3.8, 4) is 5.69 Å². The Hall–Kier alpha value is -3.02. The molecule has 0 fully saturated rings. The van der Waals surface area contributed by atoms with Gasteiger partial charge in [-0.05, 0) is 47.2 Å². The average Bonchev–Trinajstić information content (AvgIpc) is 3.04. The number of nitrogens with one attached hydrogen (secondary N) is 1. The Morgan fingerprint density at radius 2 is 1.95 bits per heavy atom. The Bertz CT molecular complexity index is 753. The Kier molecular flexibility index (Phi) is 3.42. The second kappa shape index (κ2) is 5.54. The molecule has 2 aromatic carbocycles. The fourth-order valence-corrected chi connectivity index (χ4v) is 1.95. The molecule has 1 heterocycles. The molecule has 0 spiro atoms. The average molecular weight is 279 g/mol. The molecular formula is C15H13N5O. The molecule has 0 aliphatic rings. The van der Waals surface area contributed by atoms with Crippen LogP contribution in [0.5, 0.6) is 0 Å². The molecule has 6 nitrogen and oxygen atoms in total. The number of carbonyl (C=O) groups excluding carboxylic acids is 1. The fourth-order valence-electron chi connectivity index (χ4n) is 1.95. The van der Waals surface area contributed by atoms with E-state index in [0.29, 0.717) is 5.56 Å². The highest BCUT2D eigenvalue weighted by molar-refractivity contribution is 6.04. The minimum absolute atomic E-state index is 0.146. The first-order valence-corrected chi connectivity index (χ1v) is 6.44. The zero-order valence-electron chi connectivity index (χ0n) is 11.4. The molecule has 3 rings (SSSR count). The van der Waals surface area contributed by atoms with E-state index in [2.05, 4.69) is 20.8 Å². The van der Waals surface area contributed by atoms with Crippen LogP contribution in [0.3, 0.4) is 0 Å². The normalized spacial score (nSPS) is 10.3. The summed E-state index contributed by atoms with van der Waals surface area (Å²) in [6.45, 7) is 1.93. The summed E-state index contributed by atoms with van der Waals surface area (Å²) >= 11 is 0. The topological polar surface area (TPSA) is 72.7 Å². The molecule has 21 heavy (non-hydrogen) atoms. The van der Waals surface area contributed by atoms with E-state index in [4.69, 9.17) is 0 Å². The Balaban J connectivity index is 1.88. The van der Waals surface area contributed by atoms with Gasteiger partial charge in [0.2, 0.25) is 0 Å². The summed E-state index contributed by atoms with van der Waals surface area (Å²) in [4.78, 5) is 12.2. The number of amides is 1. The molecule has 3 aromatic rings. The van der Waals surface area contributed by atoms with Crippen LogP contribution < -0.4 is 5.32 Å². The van der Waals surface area contributed by atoms with Crippen LogP contribution in [0, 0.1) is 6.92 Å². The third-order valence-corrected chi connectivity index (χ3v) is 3.12. The number of aryl methyl sites for hydroxylation is 1. The number of hydrogen-bond acceptors (Lipinski definition) is 4. The summed E-state index contributed by atoms with van der Waals surface area (Å²) in [5.41, 5.74) is 3.10. The Morgan fingerprint density at radius 1 is 1.14 bits per heavy atom. The van der Waals surface area contributed by atoms with Crippen molar-refractivity contribution in [2.45, 2.75) is 6.92 Å². The number of anilines is 1. The molecule has 1 amide bonds. The number of tetrazole rings is 1. The highest BCUT2D eigenvalue weighted by Crippen LogP contribution is 2.19. The van der Waals surface area contributed by atoms with Crippen LogP contribution >= 0.6 is 0 Å². The number of benzene rings is 2. The number of hydrogen-bond donors (Lipinski definition) is 1. The van der Waals surface area contributed by atoms with Crippen LogP contribution in [0.1, 0.15) is 15.9 Å². The molecule has 0 aliphatic heterocycles. The minimum atomic E-state index is -0.146. The van der Waals surface area contributed by atoms with E-state index in [0.717, 1.165) is 16.9 Å². The van der Waals surface area contributed by atoms with Crippen LogP contribution in [0.15, 0.2) is 54.9 Å². The summed E-state index contributed by atoms with van der Waals surface area (Å²) in [6.07, 6.45) is 1.51. The zero-order chi connectivity index (χ0) is 14.7. The van der Waals surface area contributed by atoms with Crippen LogP contribution in [-0.4, -0.2) is 26.1 Å². The molecule has 0 radical (unpaired) electrons. The van der Waals surface area contributed by atoms with Crippen molar-refractivity contribution in [1.82, 2.24) is 20.2 Å². The number of aromatic nitrogens is 4. The maximum Gasteiger partial charge on any atom is 0.255 e. The molecule has 104 valence electrons. The van der Waals surface area contributed by atoms with E-state index < -0.39 is 0 Å². The molecular weight excluding hydrogens is 266 g/mol. The maximum atomic E-state index is 12.2. The first-order valence-electron chi connectivity index (χ1n) is 6.44. The van der Waals surface area contributed by atoms with E-state index in [1.165, 1.54) is 11.0 Å². The van der Waals surface area contributed by atoms with Crippen LogP contribution in [0.4, 0.5) is 5.69 Å². The van der Waals surface area contributed by atoms with Gasteiger partial charge < -0.3 is 5.32 Å². The first-order chi connectivity index (χ1) is 10.2. The summed E-state index contributed by atoms with van der Waals surface area (Å²) in [7, 11) is 0. The molecule has 6 heteroatoms. The second-order valence-corrected chi connectivity index (χ2v) is 4.57. The molecule has 0 bridgehead atoms. The van der Waals surface area contributed by atoms with Crippen molar-refractivity contribution in [2.24, 2.45) is 0 Å². The summed E-state index contributed by atoms with van der Waals surface area (Å²) < 4.78 is 1.54. The van der Waals surface area contributed by atoms with Crippen molar-refractivity contribution < 1.29 is 4.79 Å². The van der Waals surface area contributed by atoms with Crippen molar-refractivity contribution in [1.29, 1.82) is 0 Å². The summed E-state index contributed by atoms with van der Waals surface area (Å²) in [5.74, 6) is -0.146. The van der Waals surface area contributed by atoms with Crippen molar-refractivity contribution >= 4 is 11.6 Å². The lowest BCUT2D eigenvalue weighted by Gasteiger charge is -2.10. The molecule has 0 aliphatic carbocycles. The van der Waals surface area contributed by atoms with E-state index in [9.17, 15) is 4.79 Å².